The van der Waals surface area contributed by atoms with Gasteiger partial charge in [0.1, 0.15) is 0 Å². The molecule has 1 aromatic heterocycles. The van der Waals surface area contributed by atoms with E-state index in [2.05, 4.69) is 84.5 Å². The van der Waals surface area contributed by atoms with Crippen LogP contribution in [0.4, 0.5) is 0 Å². The third kappa shape index (κ3) is 13.4. The molecule has 0 radical (unpaired) electrons. The van der Waals surface area contributed by atoms with Crippen LogP contribution in [0.1, 0.15) is 143 Å². The Hall–Kier alpha value is -3.88. The number of pyridine rings is 1. The second-order valence-corrected chi connectivity index (χ2v) is 15.4. The largest absolute Gasteiger partial charge is 0.392 e. The Labute approximate surface area is 330 Å². The van der Waals surface area contributed by atoms with Crippen LogP contribution in [0.25, 0.3) is 11.1 Å². The standard InChI is InChI=1S/C48H65N3O4/c1-4-6-8-10-12-14-30-51(31-15-13-11-9-7-5-2)35-45-37(3)46(41-23-21-38(36-52)22-24-41)55-48(54-45)42-27-25-40(26-28-42)43-19-16-18-39(32-43)33-50-47(53)44-20-17-29-49-34-44/h16-29,32,34,37,45-46,48,52H,4-15,30-31,33,35-36H2,1-3H3,(H,50,53)/t37-,45+,46+,48+/m1/s1. The van der Waals surface area contributed by atoms with Crippen molar-refractivity contribution in [3.8, 4) is 11.1 Å². The first-order valence-electron chi connectivity index (χ1n) is 21.1. The maximum Gasteiger partial charge on any atom is 0.253 e. The summed E-state index contributed by atoms with van der Waals surface area (Å²) >= 11 is 0. The quantitative estimate of drug-likeness (QED) is 0.0735. The number of aromatic nitrogens is 1. The Morgan fingerprint density at radius 2 is 1.38 bits per heavy atom. The van der Waals surface area contributed by atoms with Crippen molar-refractivity contribution < 1.29 is 19.4 Å². The van der Waals surface area contributed by atoms with Crippen LogP contribution in [0.5, 0.6) is 0 Å². The van der Waals surface area contributed by atoms with Crippen LogP contribution in [0, 0.1) is 5.92 Å². The van der Waals surface area contributed by atoms with E-state index in [-0.39, 0.29) is 30.6 Å². The summed E-state index contributed by atoms with van der Waals surface area (Å²) in [5.41, 5.74) is 6.75. The van der Waals surface area contributed by atoms with Crippen molar-refractivity contribution >= 4 is 5.91 Å². The zero-order valence-corrected chi connectivity index (χ0v) is 33.6. The highest BCUT2D eigenvalue weighted by atomic mass is 16.7. The van der Waals surface area contributed by atoms with Gasteiger partial charge in [-0.25, -0.2) is 0 Å². The van der Waals surface area contributed by atoms with Gasteiger partial charge in [0.05, 0.1) is 24.4 Å². The van der Waals surface area contributed by atoms with Crippen molar-refractivity contribution in [1.29, 1.82) is 0 Å². The molecule has 7 heteroatoms. The number of unbranched alkanes of at least 4 members (excludes halogenated alkanes) is 10. The molecule has 5 rings (SSSR count). The number of carbonyl (C=O) groups is 1. The average Bonchev–Trinajstić information content (AvgIpc) is 3.23. The number of nitrogens with zero attached hydrogens (tertiary/aromatic N) is 2. The molecule has 3 aromatic carbocycles. The number of carbonyl (C=O) groups excluding carboxylic acids is 1. The van der Waals surface area contributed by atoms with Gasteiger partial charge in [-0.15, -0.1) is 0 Å². The van der Waals surface area contributed by atoms with Crippen LogP contribution >= 0.6 is 0 Å². The van der Waals surface area contributed by atoms with E-state index < -0.39 is 6.29 Å². The Balaban J connectivity index is 1.30. The molecule has 296 valence electrons. The predicted molar refractivity (Wildman–Crippen MR) is 223 cm³/mol. The van der Waals surface area contributed by atoms with Gasteiger partial charge in [0.25, 0.3) is 5.91 Å². The van der Waals surface area contributed by atoms with Crippen molar-refractivity contribution in [2.75, 3.05) is 19.6 Å². The fourth-order valence-corrected chi connectivity index (χ4v) is 7.58. The van der Waals surface area contributed by atoms with Crippen molar-refractivity contribution in [3.05, 3.63) is 125 Å². The maximum atomic E-state index is 12.6. The first-order chi connectivity index (χ1) is 27.0. The molecule has 0 spiro atoms. The summed E-state index contributed by atoms with van der Waals surface area (Å²) in [5.74, 6) is 0.00651. The lowest BCUT2D eigenvalue weighted by atomic mass is 9.89. The SMILES string of the molecule is CCCCCCCCN(CCCCCCCC)C[C@@H]1O[C@H](c2ccc(-c3cccc(CNC(=O)c4cccnc4)c3)cc2)O[C@H](c2ccc(CO)cc2)[C@@H]1C. The Kier molecular flexibility index (Phi) is 17.9. The van der Waals surface area contributed by atoms with E-state index in [4.69, 9.17) is 9.47 Å². The molecule has 2 N–H and O–H groups in total. The highest BCUT2D eigenvalue weighted by Crippen LogP contribution is 2.42. The minimum atomic E-state index is -0.503. The number of ether oxygens (including phenoxy) is 2. The van der Waals surface area contributed by atoms with Crippen LogP contribution in [0.15, 0.2) is 97.3 Å². The Bertz CT molecular complexity index is 1650. The molecule has 1 amide bonds. The van der Waals surface area contributed by atoms with E-state index >= 15 is 0 Å². The summed E-state index contributed by atoms with van der Waals surface area (Å²) in [7, 11) is 0. The third-order valence-corrected chi connectivity index (χ3v) is 11.0. The summed E-state index contributed by atoms with van der Waals surface area (Å²) in [6.07, 6.45) is 18.2. The third-order valence-electron chi connectivity index (χ3n) is 11.0. The first kappa shape index (κ1) is 42.3. The highest BCUT2D eigenvalue weighted by molar-refractivity contribution is 5.93. The zero-order chi connectivity index (χ0) is 38.7. The van der Waals surface area contributed by atoms with Crippen molar-refractivity contribution in [1.82, 2.24) is 15.2 Å². The first-order valence-corrected chi connectivity index (χ1v) is 21.1. The molecule has 0 saturated carbocycles. The van der Waals surface area contributed by atoms with E-state index in [0.29, 0.717) is 12.1 Å². The fourth-order valence-electron chi connectivity index (χ4n) is 7.58. The van der Waals surface area contributed by atoms with Crippen LogP contribution in [0.3, 0.4) is 0 Å². The number of aliphatic hydroxyl groups excluding tert-OH is 1. The van der Waals surface area contributed by atoms with Gasteiger partial charge < -0.3 is 24.8 Å². The van der Waals surface area contributed by atoms with E-state index in [1.54, 1.807) is 24.5 Å². The minimum absolute atomic E-state index is 0.000290. The normalized spacial score (nSPS) is 18.4. The highest BCUT2D eigenvalue weighted by Gasteiger charge is 2.39. The molecule has 0 unspecified atom stereocenters. The summed E-state index contributed by atoms with van der Waals surface area (Å²) in [6, 6.07) is 28.5. The van der Waals surface area contributed by atoms with Gasteiger partial charge in [0, 0.05) is 37.0 Å². The monoisotopic (exact) mass is 747 g/mol. The molecule has 0 bridgehead atoms. The number of amides is 1. The molecular weight excluding hydrogens is 683 g/mol. The van der Waals surface area contributed by atoms with E-state index in [9.17, 15) is 9.90 Å². The molecule has 1 aliphatic rings. The number of benzene rings is 3. The van der Waals surface area contributed by atoms with Crippen LogP contribution < -0.4 is 5.32 Å². The zero-order valence-electron chi connectivity index (χ0n) is 33.6. The van der Waals surface area contributed by atoms with Gasteiger partial charge in [-0.3, -0.25) is 9.78 Å². The average molecular weight is 748 g/mol. The molecular formula is C48H65N3O4. The van der Waals surface area contributed by atoms with Crippen molar-refractivity contribution in [2.24, 2.45) is 5.92 Å². The van der Waals surface area contributed by atoms with Crippen molar-refractivity contribution in [2.45, 2.75) is 129 Å². The van der Waals surface area contributed by atoms with Crippen molar-refractivity contribution in [3.63, 3.8) is 0 Å². The van der Waals surface area contributed by atoms with Gasteiger partial charge in [0.2, 0.25) is 0 Å². The minimum Gasteiger partial charge on any atom is -0.392 e. The molecule has 1 fully saturated rings. The lowest BCUT2D eigenvalue weighted by Gasteiger charge is -2.43. The van der Waals surface area contributed by atoms with Gasteiger partial charge in [-0.05, 0) is 71.9 Å². The number of aliphatic hydroxyl groups is 1. The van der Waals surface area contributed by atoms with E-state index in [1.165, 1.54) is 77.0 Å². The van der Waals surface area contributed by atoms with Gasteiger partial charge in [0.15, 0.2) is 6.29 Å². The number of hydrogen-bond acceptors (Lipinski definition) is 6. The van der Waals surface area contributed by atoms with E-state index in [0.717, 1.165) is 53.0 Å². The van der Waals surface area contributed by atoms with E-state index in [1.807, 2.05) is 24.3 Å². The summed E-state index contributed by atoms with van der Waals surface area (Å²) in [5, 5.41) is 12.7. The topological polar surface area (TPSA) is 83.9 Å². The molecule has 4 atom stereocenters. The lowest BCUT2D eigenvalue weighted by Crippen LogP contribution is -2.45. The number of hydrogen-bond donors (Lipinski definition) is 2. The number of nitrogens with one attached hydrogen (secondary N) is 1. The molecule has 4 aromatic rings. The smallest absolute Gasteiger partial charge is 0.253 e. The number of rotatable bonds is 23. The van der Waals surface area contributed by atoms with Gasteiger partial charge >= 0.3 is 0 Å². The molecule has 55 heavy (non-hydrogen) atoms. The Morgan fingerprint density at radius 1 is 0.727 bits per heavy atom. The second kappa shape index (κ2) is 23.2. The van der Waals surface area contributed by atoms with Gasteiger partial charge in [-0.1, -0.05) is 152 Å². The molecule has 1 aliphatic heterocycles. The summed E-state index contributed by atoms with van der Waals surface area (Å²) < 4.78 is 13.8. The summed E-state index contributed by atoms with van der Waals surface area (Å²) in [6.45, 7) is 10.4. The molecule has 7 nitrogen and oxygen atoms in total. The Morgan fingerprint density at radius 3 is 2.02 bits per heavy atom. The molecule has 1 saturated heterocycles. The fraction of sp³-hybridized carbons (Fsp3) is 0.500. The maximum absolute atomic E-state index is 12.6. The molecule has 0 aliphatic carbocycles. The second-order valence-electron chi connectivity index (χ2n) is 15.4. The van der Waals surface area contributed by atoms with Crippen LogP contribution in [-0.2, 0) is 22.6 Å². The summed E-state index contributed by atoms with van der Waals surface area (Å²) in [4.78, 5) is 19.3. The predicted octanol–water partition coefficient (Wildman–Crippen LogP) is 11.0. The molecule has 2 heterocycles. The van der Waals surface area contributed by atoms with Crippen LogP contribution in [0.2, 0.25) is 0 Å². The van der Waals surface area contributed by atoms with Gasteiger partial charge in [-0.2, -0.15) is 0 Å². The lowest BCUT2D eigenvalue weighted by molar-refractivity contribution is -0.276. The van der Waals surface area contributed by atoms with Crippen LogP contribution in [-0.4, -0.2) is 46.6 Å².